The summed E-state index contributed by atoms with van der Waals surface area (Å²) < 4.78 is 9.73. The number of hydrogen-bond donors (Lipinski definition) is 0. The summed E-state index contributed by atoms with van der Waals surface area (Å²) in [5.41, 5.74) is 0.657. The molecule has 0 saturated heterocycles. The van der Waals surface area contributed by atoms with Crippen LogP contribution < -0.4 is 15.9 Å². The molecule has 0 radical (unpaired) electrons. The van der Waals surface area contributed by atoms with Crippen molar-refractivity contribution in [3.05, 3.63) is 90.0 Å². The number of carbonyl (C=O) groups excluding carboxylic acids is 2. The van der Waals surface area contributed by atoms with Gasteiger partial charge in [-0.25, -0.2) is 9.59 Å². The van der Waals surface area contributed by atoms with Gasteiger partial charge in [0.25, 0.3) is 0 Å². The highest BCUT2D eigenvalue weighted by molar-refractivity contribution is 7.79. The van der Waals surface area contributed by atoms with Crippen molar-refractivity contribution in [3.8, 4) is 0 Å². The van der Waals surface area contributed by atoms with Gasteiger partial charge in [-0.15, -0.1) is 0 Å². The van der Waals surface area contributed by atoms with Crippen LogP contribution >= 0.6 is 7.92 Å². The molecule has 136 valence electrons. The summed E-state index contributed by atoms with van der Waals surface area (Å²) in [6.45, 7) is 0. The van der Waals surface area contributed by atoms with Crippen LogP contribution in [0.15, 0.2) is 78.9 Å². The molecular formula is C22H19O4P. The van der Waals surface area contributed by atoms with Crippen molar-refractivity contribution < 1.29 is 19.1 Å². The minimum absolute atomic E-state index is 0.328. The minimum atomic E-state index is -0.954. The maximum absolute atomic E-state index is 12.2. The Bertz CT molecular complexity index is 865. The molecule has 0 atom stereocenters. The van der Waals surface area contributed by atoms with Crippen LogP contribution in [0.5, 0.6) is 0 Å². The molecule has 3 aromatic carbocycles. The fourth-order valence-electron chi connectivity index (χ4n) is 2.81. The van der Waals surface area contributed by atoms with Gasteiger partial charge in [-0.05, 0) is 42.0 Å². The third-order valence-electron chi connectivity index (χ3n) is 4.05. The summed E-state index contributed by atoms with van der Waals surface area (Å²) in [5.74, 6) is -0.976. The second-order valence-corrected chi connectivity index (χ2v) is 7.98. The van der Waals surface area contributed by atoms with Crippen LogP contribution in [-0.2, 0) is 9.47 Å². The maximum Gasteiger partial charge on any atom is 0.337 e. The zero-order chi connectivity index (χ0) is 19.2. The normalized spacial score (nSPS) is 10.5. The summed E-state index contributed by atoms with van der Waals surface area (Å²) in [6, 6.07) is 25.2. The molecule has 0 spiro atoms. The molecule has 0 N–H and O–H groups in total. The Labute approximate surface area is 159 Å². The van der Waals surface area contributed by atoms with Gasteiger partial charge in [-0.1, -0.05) is 60.7 Å². The van der Waals surface area contributed by atoms with Crippen LogP contribution in [0, 0.1) is 0 Å². The van der Waals surface area contributed by atoms with Gasteiger partial charge in [0.1, 0.15) is 0 Å². The van der Waals surface area contributed by atoms with E-state index in [2.05, 4.69) is 24.3 Å². The molecule has 0 aliphatic heterocycles. The van der Waals surface area contributed by atoms with E-state index < -0.39 is 19.9 Å². The number of methoxy groups -OCH3 is 2. The van der Waals surface area contributed by atoms with E-state index in [-0.39, 0.29) is 0 Å². The van der Waals surface area contributed by atoms with Crippen molar-refractivity contribution in [2.24, 2.45) is 0 Å². The van der Waals surface area contributed by atoms with Crippen LogP contribution in [-0.4, -0.2) is 26.2 Å². The highest BCUT2D eigenvalue weighted by Gasteiger charge is 2.21. The van der Waals surface area contributed by atoms with Crippen molar-refractivity contribution >= 4 is 35.8 Å². The molecule has 0 aliphatic rings. The van der Waals surface area contributed by atoms with Gasteiger partial charge in [0.05, 0.1) is 25.3 Å². The number of ether oxygens (including phenoxy) is 2. The molecule has 0 aromatic heterocycles. The van der Waals surface area contributed by atoms with E-state index in [9.17, 15) is 9.59 Å². The molecule has 0 aliphatic carbocycles. The van der Waals surface area contributed by atoms with Gasteiger partial charge >= 0.3 is 11.9 Å². The van der Waals surface area contributed by atoms with E-state index in [4.69, 9.17) is 9.47 Å². The van der Waals surface area contributed by atoms with E-state index in [0.29, 0.717) is 11.1 Å². The molecule has 3 aromatic rings. The first-order valence-electron chi connectivity index (χ1n) is 8.36. The van der Waals surface area contributed by atoms with Crippen molar-refractivity contribution in [3.63, 3.8) is 0 Å². The van der Waals surface area contributed by atoms with Crippen LogP contribution in [0.2, 0.25) is 0 Å². The lowest BCUT2D eigenvalue weighted by molar-refractivity contribution is 0.0599. The summed E-state index contributed by atoms with van der Waals surface area (Å²) in [7, 11) is 1.69. The van der Waals surface area contributed by atoms with E-state index in [1.165, 1.54) is 20.3 Å². The first-order valence-corrected chi connectivity index (χ1v) is 9.70. The zero-order valence-electron chi connectivity index (χ0n) is 15.1. The average Bonchev–Trinajstić information content (AvgIpc) is 2.74. The SMILES string of the molecule is COC(=O)c1cc(C(=O)OC)cc(P(c2ccccc2)c2ccccc2)c1. The van der Waals surface area contributed by atoms with Crippen molar-refractivity contribution in [1.82, 2.24) is 0 Å². The maximum atomic E-state index is 12.2. The second-order valence-electron chi connectivity index (χ2n) is 5.76. The molecule has 27 heavy (non-hydrogen) atoms. The Morgan fingerprint density at radius 2 is 1.04 bits per heavy atom. The van der Waals surface area contributed by atoms with Crippen molar-refractivity contribution in [1.29, 1.82) is 0 Å². The van der Waals surface area contributed by atoms with Gasteiger partial charge in [-0.2, -0.15) is 0 Å². The number of carbonyl (C=O) groups is 2. The fourth-order valence-corrected chi connectivity index (χ4v) is 5.18. The Morgan fingerprint density at radius 3 is 1.41 bits per heavy atom. The molecule has 0 unspecified atom stereocenters. The average molecular weight is 378 g/mol. The third-order valence-corrected chi connectivity index (χ3v) is 6.45. The molecule has 4 nitrogen and oxygen atoms in total. The molecule has 3 rings (SSSR count). The molecule has 0 fully saturated rings. The molecule has 0 amide bonds. The highest BCUT2D eigenvalue weighted by Crippen LogP contribution is 2.33. The Kier molecular flexibility index (Phi) is 6.00. The summed E-state index contributed by atoms with van der Waals surface area (Å²) in [4.78, 5) is 24.3. The largest absolute Gasteiger partial charge is 0.465 e. The number of rotatable bonds is 5. The topological polar surface area (TPSA) is 52.6 Å². The Morgan fingerprint density at radius 1 is 0.630 bits per heavy atom. The van der Waals surface area contributed by atoms with E-state index >= 15 is 0 Å². The van der Waals surface area contributed by atoms with E-state index in [0.717, 1.165) is 15.9 Å². The molecule has 0 heterocycles. The number of benzene rings is 3. The van der Waals surface area contributed by atoms with Crippen molar-refractivity contribution in [2.45, 2.75) is 0 Å². The predicted molar refractivity (Wildman–Crippen MR) is 108 cm³/mol. The predicted octanol–water partition coefficient (Wildman–Crippen LogP) is 3.02. The molecular weight excluding hydrogens is 359 g/mol. The van der Waals surface area contributed by atoms with Gasteiger partial charge in [0.2, 0.25) is 0 Å². The lowest BCUT2D eigenvalue weighted by Gasteiger charge is -2.20. The van der Waals surface area contributed by atoms with E-state index in [1.54, 1.807) is 12.1 Å². The zero-order valence-corrected chi connectivity index (χ0v) is 16.0. The summed E-state index contributed by atoms with van der Waals surface area (Å²) >= 11 is 0. The van der Waals surface area contributed by atoms with Crippen LogP contribution in [0.4, 0.5) is 0 Å². The second kappa shape index (κ2) is 8.61. The standard InChI is InChI=1S/C22H19O4P/c1-25-21(23)16-13-17(22(24)26-2)15-20(14-16)27(18-9-5-3-6-10-18)19-11-7-4-8-12-19/h3-15H,1-2H3. The highest BCUT2D eigenvalue weighted by atomic mass is 31.1. The van der Waals surface area contributed by atoms with Crippen LogP contribution in [0.1, 0.15) is 20.7 Å². The number of hydrogen-bond acceptors (Lipinski definition) is 4. The lowest BCUT2D eigenvalue weighted by Crippen LogP contribution is -2.23. The van der Waals surface area contributed by atoms with Crippen molar-refractivity contribution in [2.75, 3.05) is 14.2 Å². The molecule has 5 heteroatoms. The van der Waals surface area contributed by atoms with Gasteiger partial charge in [0, 0.05) is 0 Å². The smallest absolute Gasteiger partial charge is 0.337 e. The van der Waals surface area contributed by atoms with Gasteiger partial charge in [-0.3, -0.25) is 0 Å². The quantitative estimate of drug-likeness (QED) is 0.506. The monoisotopic (exact) mass is 378 g/mol. The Hall–Kier alpha value is -2.97. The Balaban J connectivity index is 2.22. The molecule has 0 bridgehead atoms. The van der Waals surface area contributed by atoms with Crippen LogP contribution in [0.25, 0.3) is 0 Å². The van der Waals surface area contributed by atoms with E-state index in [1.807, 2.05) is 36.4 Å². The summed E-state index contributed by atoms with van der Waals surface area (Å²) in [6.07, 6.45) is 0. The van der Waals surface area contributed by atoms with Crippen LogP contribution in [0.3, 0.4) is 0 Å². The molecule has 0 saturated carbocycles. The van der Waals surface area contributed by atoms with Gasteiger partial charge < -0.3 is 9.47 Å². The third kappa shape index (κ3) is 4.24. The first-order chi connectivity index (χ1) is 13.1. The lowest BCUT2D eigenvalue weighted by atomic mass is 10.1. The number of esters is 2. The first kappa shape index (κ1) is 18.8. The minimum Gasteiger partial charge on any atom is -0.465 e. The summed E-state index contributed by atoms with van der Waals surface area (Å²) in [5, 5.41) is 3.12. The fraction of sp³-hybridized carbons (Fsp3) is 0.0909. The van der Waals surface area contributed by atoms with Gasteiger partial charge in [0.15, 0.2) is 0 Å².